The smallest absolute Gasteiger partial charge is 0.418 e. The fourth-order valence-corrected chi connectivity index (χ4v) is 2.36. The van der Waals surface area contributed by atoms with Crippen molar-refractivity contribution in [2.45, 2.75) is 46.1 Å². The normalized spacial score (nSPS) is 15.0. The lowest BCUT2D eigenvalue weighted by Gasteiger charge is -2.19. The van der Waals surface area contributed by atoms with Gasteiger partial charge in [0.15, 0.2) is 0 Å². The highest BCUT2D eigenvalue weighted by molar-refractivity contribution is 5.76. The molecular formula is C15H21NO4. The number of carbonyl (C=O) groups is 2. The van der Waals surface area contributed by atoms with Crippen LogP contribution in [-0.4, -0.2) is 28.8 Å². The molecule has 0 amide bonds. The van der Waals surface area contributed by atoms with Crippen molar-refractivity contribution in [3.05, 3.63) is 23.5 Å². The summed E-state index contributed by atoms with van der Waals surface area (Å²) in [5, 5.41) is 0. The fourth-order valence-electron chi connectivity index (χ4n) is 2.36. The molecule has 110 valence electrons. The van der Waals surface area contributed by atoms with Crippen LogP contribution in [0.4, 0.5) is 4.79 Å². The van der Waals surface area contributed by atoms with Crippen molar-refractivity contribution in [1.82, 2.24) is 4.57 Å². The Morgan fingerprint density at radius 2 is 1.80 bits per heavy atom. The minimum atomic E-state index is -0.515. The minimum absolute atomic E-state index is 0.117. The van der Waals surface area contributed by atoms with Crippen LogP contribution in [-0.2, 0) is 27.1 Å². The van der Waals surface area contributed by atoms with Crippen LogP contribution < -0.4 is 0 Å². The summed E-state index contributed by atoms with van der Waals surface area (Å²) >= 11 is 0. The van der Waals surface area contributed by atoms with Gasteiger partial charge in [-0.2, -0.15) is 0 Å². The molecule has 0 N–H and O–H groups in total. The van der Waals surface area contributed by atoms with Gasteiger partial charge >= 0.3 is 12.1 Å². The van der Waals surface area contributed by atoms with E-state index < -0.39 is 5.60 Å². The summed E-state index contributed by atoms with van der Waals surface area (Å²) < 4.78 is 11.8. The Hall–Kier alpha value is -1.78. The average Bonchev–Trinajstić information content (AvgIpc) is 2.83. The summed E-state index contributed by atoms with van der Waals surface area (Å²) in [5.41, 5.74) is 1.53. The fraction of sp³-hybridized carbons (Fsp3) is 0.600. The number of fused-ring (bicyclic) bond motifs is 1. The van der Waals surface area contributed by atoms with Gasteiger partial charge in [-0.3, -0.25) is 9.36 Å². The Morgan fingerprint density at radius 3 is 2.25 bits per heavy atom. The zero-order valence-corrected chi connectivity index (χ0v) is 12.4. The average molecular weight is 279 g/mol. The molecule has 0 spiro atoms. The Morgan fingerprint density at radius 1 is 1.25 bits per heavy atom. The second-order valence-corrected chi connectivity index (χ2v) is 6.05. The Kier molecular flexibility index (Phi) is 3.88. The monoisotopic (exact) mass is 279 g/mol. The number of aromatic nitrogens is 1. The minimum Gasteiger partial charge on any atom is -0.466 e. The molecule has 0 unspecified atom stereocenters. The van der Waals surface area contributed by atoms with Crippen LogP contribution in [0.1, 0.15) is 38.8 Å². The maximum absolute atomic E-state index is 11.9. The first kappa shape index (κ1) is 14.6. The number of rotatable bonds is 2. The predicted octanol–water partition coefficient (Wildman–Crippen LogP) is 2.55. The van der Waals surface area contributed by atoms with Gasteiger partial charge in [0.05, 0.1) is 12.5 Å². The second kappa shape index (κ2) is 5.31. The molecular weight excluding hydrogens is 258 g/mol. The van der Waals surface area contributed by atoms with Crippen molar-refractivity contribution in [1.29, 1.82) is 0 Å². The standard InChI is InChI=1S/C15H21NO4/c1-5-19-13(17)10-6-11-8-16(9-12(11)7-10)14(18)20-15(2,3)4/h8-10H,5-7H2,1-4H3. The van der Waals surface area contributed by atoms with Crippen molar-refractivity contribution in [3.8, 4) is 0 Å². The first-order valence-corrected chi connectivity index (χ1v) is 6.90. The Bertz CT molecular complexity index is 501. The first-order valence-electron chi connectivity index (χ1n) is 6.90. The molecule has 0 saturated carbocycles. The van der Waals surface area contributed by atoms with Crippen molar-refractivity contribution in [2.24, 2.45) is 5.92 Å². The van der Waals surface area contributed by atoms with Gasteiger partial charge in [-0.05, 0) is 51.7 Å². The number of esters is 1. The van der Waals surface area contributed by atoms with E-state index in [1.807, 2.05) is 20.8 Å². The van der Waals surface area contributed by atoms with Crippen molar-refractivity contribution in [3.63, 3.8) is 0 Å². The third-order valence-electron chi connectivity index (χ3n) is 3.16. The number of carbonyl (C=O) groups excluding carboxylic acids is 2. The van der Waals surface area contributed by atoms with E-state index in [0.29, 0.717) is 19.4 Å². The summed E-state index contributed by atoms with van der Waals surface area (Å²) in [4.78, 5) is 23.6. The molecule has 0 saturated heterocycles. The number of hydrogen-bond acceptors (Lipinski definition) is 4. The molecule has 0 atom stereocenters. The lowest BCUT2D eigenvalue weighted by atomic mass is 10.1. The first-order chi connectivity index (χ1) is 9.30. The highest BCUT2D eigenvalue weighted by Gasteiger charge is 2.31. The zero-order valence-electron chi connectivity index (χ0n) is 12.4. The van der Waals surface area contributed by atoms with E-state index in [4.69, 9.17) is 9.47 Å². The largest absolute Gasteiger partial charge is 0.466 e. The topological polar surface area (TPSA) is 57.5 Å². The predicted molar refractivity (Wildman–Crippen MR) is 73.6 cm³/mol. The van der Waals surface area contributed by atoms with Crippen LogP contribution in [0.15, 0.2) is 12.4 Å². The molecule has 0 bridgehead atoms. The maximum atomic E-state index is 11.9. The summed E-state index contributed by atoms with van der Waals surface area (Å²) in [7, 11) is 0. The van der Waals surface area contributed by atoms with E-state index in [9.17, 15) is 9.59 Å². The van der Waals surface area contributed by atoms with E-state index in [2.05, 4.69) is 0 Å². The van der Waals surface area contributed by atoms with Crippen molar-refractivity contribution >= 4 is 12.1 Å². The third-order valence-corrected chi connectivity index (χ3v) is 3.16. The van der Waals surface area contributed by atoms with Crippen molar-refractivity contribution < 1.29 is 19.1 Å². The molecule has 1 aliphatic carbocycles. The quantitative estimate of drug-likeness (QED) is 0.781. The molecule has 0 radical (unpaired) electrons. The lowest BCUT2D eigenvalue weighted by molar-refractivity contribution is -0.147. The lowest BCUT2D eigenvalue weighted by Crippen LogP contribution is -2.26. The molecule has 1 aromatic rings. The van der Waals surface area contributed by atoms with E-state index >= 15 is 0 Å². The number of hydrogen-bond donors (Lipinski definition) is 0. The molecule has 0 aliphatic heterocycles. The van der Waals surface area contributed by atoms with Crippen LogP contribution in [0.5, 0.6) is 0 Å². The van der Waals surface area contributed by atoms with Crippen LogP contribution in [0.3, 0.4) is 0 Å². The van der Waals surface area contributed by atoms with E-state index in [1.54, 1.807) is 19.3 Å². The highest BCUT2D eigenvalue weighted by Crippen LogP contribution is 2.28. The molecule has 0 aromatic carbocycles. The summed E-state index contributed by atoms with van der Waals surface area (Å²) in [6.45, 7) is 7.70. The SMILES string of the molecule is CCOC(=O)C1Cc2cn(C(=O)OC(C)(C)C)cc2C1. The van der Waals surface area contributed by atoms with Gasteiger partial charge in [-0.1, -0.05) is 0 Å². The molecule has 1 heterocycles. The van der Waals surface area contributed by atoms with Crippen LogP contribution in [0.25, 0.3) is 0 Å². The van der Waals surface area contributed by atoms with Gasteiger partial charge in [0.25, 0.3) is 0 Å². The molecule has 2 rings (SSSR count). The zero-order chi connectivity index (χ0) is 14.9. The summed E-state index contributed by atoms with van der Waals surface area (Å²) in [5.74, 6) is -0.277. The molecule has 5 nitrogen and oxygen atoms in total. The van der Waals surface area contributed by atoms with Gasteiger partial charge in [-0.25, -0.2) is 4.79 Å². The van der Waals surface area contributed by atoms with Crippen LogP contribution in [0, 0.1) is 5.92 Å². The second-order valence-electron chi connectivity index (χ2n) is 6.05. The van der Waals surface area contributed by atoms with Gasteiger partial charge in [0.1, 0.15) is 5.60 Å². The number of ether oxygens (including phenoxy) is 2. The summed E-state index contributed by atoms with van der Waals surface area (Å²) in [6.07, 6.45) is 4.37. The van der Waals surface area contributed by atoms with Gasteiger partial charge in [0, 0.05) is 12.4 Å². The van der Waals surface area contributed by atoms with Gasteiger partial charge in [-0.15, -0.1) is 0 Å². The van der Waals surface area contributed by atoms with Gasteiger partial charge < -0.3 is 9.47 Å². The Balaban J connectivity index is 2.03. The highest BCUT2D eigenvalue weighted by atomic mass is 16.6. The molecule has 1 aromatic heterocycles. The van der Waals surface area contributed by atoms with E-state index in [1.165, 1.54) is 4.57 Å². The van der Waals surface area contributed by atoms with Crippen molar-refractivity contribution in [2.75, 3.05) is 6.61 Å². The molecule has 5 heteroatoms. The van der Waals surface area contributed by atoms with E-state index in [0.717, 1.165) is 11.1 Å². The third kappa shape index (κ3) is 3.21. The van der Waals surface area contributed by atoms with Crippen LogP contribution >= 0.6 is 0 Å². The molecule has 0 fully saturated rings. The van der Waals surface area contributed by atoms with E-state index in [-0.39, 0.29) is 18.0 Å². The summed E-state index contributed by atoms with van der Waals surface area (Å²) in [6, 6.07) is 0. The maximum Gasteiger partial charge on any atom is 0.418 e. The van der Waals surface area contributed by atoms with Gasteiger partial charge in [0.2, 0.25) is 0 Å². The molecule has 20 heavy (non-hydrogen) atoms. The Labute approximate surface area is 118 Å². The number of nitrogens with zero attached hydrogens (tertiary/aromatic N) is 1. The molecule has 1 aliphatic rings. The van der Waals surface area contributed by atoms with Crippen LogP contribution in [0.2, 0.25) is 0 Å².